The Balaban J connectivity index is 1.52. The van der Waals surface area contributed by atoms with Crippen LogP contribution in [0.15, 0.2) is 63.9 Å². The summed E-state index contributed by atoms with van der Waals surface area (Å²) in [6.45, 7) is 1.29. The number of hydrogen-bond acceptors (Lipinski definition) is 4. The molecule has 1 heterocycles. The van der Waals surface area contributed by atoms with E-state index in [0.29, 0.717) is 28.9 Å². The predicted octanol–water partition coefficient (Wildman–Crippen LogP) is 4.23. The maximum absolute atomic E-state index is 11.2. The molecule has 0 aliphatic rings. The highest BCUT2D eigenvalue weighted by Gasteiger charge is 2.08. The molecule has 3 N–H and O–H groups in total. The van der Waals surface area contributed by atoms with E-state index in [2.05, 4.69) is 5.32 Å². The van der Waals surface area contributed by atoms with Crippen LogP contribution in [0, 0.1) is 0 Å². The lowest BCUT2D eigenvalue weighted by Crippen LogP contribution is -2.16. The van der Waals surface area contributed by atoms with E-state index in [4.69, 9.17) is 32.8 Å². The van der Waals surface area contributed by atoms with Crippen molar-refractivity contribution in [2.45, 2.75) is 17.9 Å². The molecule has 3 aromatic rings. The molecule has 0 spiro atoms. The second kappa shape index (κ2) is 8.46. The lowest BCUT2D eigenvalue weighted by atomic mass is 10.1. The Kier molecular flexibility index (Phi) is 6.24. The van der Waals surface area contributed by atoms with E-state index in [1.54, 1.807) is 30.3 Å². The first-order chi connectivity index (χ1) is 12.8. The van der Waals surface area contributed by atoms with Crippen molar-refractivity contribution in [1.29, 1.82) is 0 Å². The summed E-state index contributed by atoms with van der Waals surface area (Å²) in [5, 5.41) is 9.50. The molecule has 0 unspecified atom stereocenters. The van der Waals surface area contributed by atoms with Gasteiger partial charge in [-0.1, -0.05) is 35.3 Å². The summed E-state index contributed by atoms with van der Waals surface area (Å²) in [7, 11) is -3.65. The Morgan fingerprint density at radius 2 is 1.63 bits per heavy atom. The monoisotopic (exact) mass is 424 g/mol. The van der Waals surface area contributed by atoms with Crippen LogP contribution < -0.4 is 10.5 Å². The number of rotatable bonds is 7. The third kappa shape index (κ3) is 5.57. The number of hydrogen-bond donors (Lipinski definition) is 2. The van der Waals surface area contributed by atoms with Gasteiger partial charge in [0.25, 0.3) is 0 Å². The van der Waals surface area contributed by atoms with Crippen molar-refractivity contribution < 1.29 is 12.8 Å². The van der Waals surface area contributed by atoms with Gasteiger partial charge < -0.3 is 9.73 Å². The van der Waals surface area contributed by atoms with Crippen LogP contribution in [0.1, 0.15) is 11.3 Å². The number of furan rings is 1. The van der Waals surface area contributed by atoms with Crippen LogP contribution in [0.3, 0.4) is 0 Å². The summed E-state index contributed by atoms with van der Waals surface area (Å²) in [6.07, 6.45) is 0.752. The van der Waals surface area contributed by atoms with Gasteiger partial charge in [0.15, 0.2) is 0 Å². The first kappa shape index (κ1) is 19.9. The zero-order valence-electron chi connectivity index (χ0n) is 14.3. The van der Waals surface area contributed by atoms with E-state index in [9.17, 15) is 8.42 Å². The van der Waals surface area contributed by atoms with Crippen LogP contribution in [0.5, 0.6) is 0 Å². The predicted molar refractivity (Wildman–Crippen MR) is 107 cm³/mol. The summed E-state index contributed by atoms with van der Waals surface area (Å²) >= 11 is 12.0. The van der Waals surface area contributed by atoms with Crippen LogP contribution in [-0.2, 0) is 23.0 Å². The molecule has 0 saturated carbocycles. The average Bonchev–Trinajstić information content (AvgIpc) is 3.06. The molecular weight excluding hydrogens is 407 g/mol. The maximum Gasteiger partial charge on any atom is 0.238 e. The highest BCUT2D eigenvalue weighted by Crippen LogP contribution is 2.28. The SMILES string of the molecule is NS(=O)(=O)c1ccc(CCNCc2ccc(-c3cc(Cl)cc(Cl)c3)o2)cc1. The first-order valence-corrected chi connectivity index (χ1v) is 10.5. The largest absolute Gasteiger partial charge is 0.460 e. The van der Waals surface area contributed by atoms with Gasteiger partial charge in [-0.15, -0.1) is 0 Å². The quantitative estimate of drug-likeness (QED) is 0.555. The number of sulfonamides is 1. The van der Waals surface area contributed by atoms with Crippen molar-refractivity contribution in [3.8, 4) is 11.3 Å². The van der Waals surface area contributed by atoms with Crippen molar-refractivity contribution in [1.82, 2.24) is 5.32 Å². The molecule has 1 aromatic heterocycles. The lowest BCUT2D eigenvalue weighted by Gasteiger charge is -2.05. The van der Waals surface area contributed by atoms with Gasteiger partial charge in [0.2, 0.25) is 10.0 Å². The molecule has 0 aliphatic carbocycles. The molecule has 27 heavy (non-hydrogen) atoms. The van der Waals surface area contributed by atoms with Crippen molar-refractivity contribution in [2.24, 2.45) is 5.14 Å². The fourth-order valence-corrected chi connectivity index (χ4v) is 3.66. The van der Waals surface area contributed by atoms with E-state index in [1.165, 1.54) is 12.1 Å². The summed E-state index contributed by atoms with van der Waals surface area (Å²) in [5.41, 5.74) is 1.84. The van der Waals surface area contributed by atoms with Crippen LogP contribution in [0.4, 0.5) is 0 Å². The van der Waals surface area contributed by atoms with Gasteiger partial charge in [-0.3, -0.25) is 0 Å². The zero-order chi connectivity index (χ0) is 19.4. The topological polar surface area (TPSA) is 85.3 Å². The first-order valence-electron chi connectivity index (χ1n) is 8.19. The normalized spacial score (nSPS) is 11.7. The Morgan fingerprint density at radius 3 is 2.26 bits per heavy atom. The number of nitrogens with two attached hydrogens (primary N) is 1. The summed E-state index contributed by atoms with van der Waals surface area (Å²) in [6, 6.07) is 15.6. The number of nitrogens with one attached hydrogen (secondary N) is 1. The second-order valence-electron chi connectivity index (χ2n) is 6.04. The van der Waals surface area contributed by atoms with Crippen molar-refractivity contribution >= 4 is 33.2 Å². The molecule has 8 heteroatoms. The molecule has 0 fully saturated rings. The molecule has 2 aromatic carbocycles. The molecule has 142 valence electrons. The number of halogens is 2. The Bertz CT molecular complexity index is 1010. The van der Waals surface area contributed by atoms with Gasteiger partial charge in [-0.2, -0.15) is 0 Å². The Labute approximate surface area is 168 Å². The van der Waals surface area contributed by atoms with Gasteiger partial charge in [-0.25, -0.2) is 13.6 Å². The van der Waals surface area contributed by atoms with E-state index >= 15 is 0 Å². The van der Waals surface area contributed by atoms with Crippen LogP contribution in [0.2, 0.25) is 10.0 Å². The smallest absolute Gasteiger partial charge is 0.238 e. The van der Waals surface area contributed by atoms with E-state index in [-0.39, 0.29) is 4.90 Å². The van der Waals surface area contributed by atoms with E-state index in [0.717, 1.165) is 23.3 Å². The molecule has 0 bridgehead atoms. The van der Waals surface area contributed by atoms with Crippen LogP contribution >= 0.6 is 23.2 Å². The molecule has 0 saturated heterocycles. The summed E-state index contributed by atoms with van der Waals surface area (Å²) in [5.74, 6) is 1.50. The van der Waals surface area contributed by atoms with Crippen molar-refractivity contribution in [3.05, 3.63) is 76.0 Å². The standard InChI is InChI=1S/C19H18Cl2N2O3S/c20-15-9-14(10-16(21)11-15)19-6-3-17(26-19)12-23-8-7-13-1-4-18(5-2-13)27(22,24)25/h1-6,9-11,23H,7-8,12H2,(H2,22,24,25). The molecule has 3 rings (SSSR count). The van der Waals surface area contributed by atoms with Crippen LogP contribution in [0.25, 0.3) is 11.3 Å². The number of primary sulfonamides is 1. The third-order valence-corrected chi connectivity index (χ3v) is 5.32. The van der Waals surface area contributed by atoms with Gasteiger partial charge in [-0.05, 0) is 61.0 Å². The molecule has 0 amide bonds. The fraction of sp³-hybridized carbons (Fsp3) is 0.158. The molecule has 0 radical (unpaired) electrons. The second-order valence-corrected chi connectivity index (χ2v) is 8.47. The van der Waals surface area contributed by atoms with Gasteiger partial charge in [0.05, 0.1) is 11.4 Å². The zero-order valence-corrected chi connectivity index (χ0v) is 16.6. The Hall–Kier alpha value is -1.83. The Morgan fingerprint density at radius 1 is 0.963 bits per heavy atom. The molecule has 0 aliphatic heterocycles. The van der Waals surface area contributed by atoms with E-state index in [1.807, 2.05) is 12.1 Å². The fourth-order valence-electron chi connectivity index (χ4n) is 2.61. The lowest BCUT2D eigenvalue weighted by molar-refractivity contribution is 0.494. The summed E-state index contributed by atoms with van der Waals surface area (Å²) < 4.78 is 28.3. The minimum absolute atomic E-state index is 0.114. The highest BCUT2D eigenvalue weighted by molar-refractivity contribution is 7.89. The van der Waals surface area contributed by atoms with Gasteiger partial charge in [0.1, 0.15) is 11.5 Å². The molecular formula is C19H18Cl2N2O3S. The van der Waals surface area contributed by atoms with Gasteiger partial charge in [0, 0.05) is 15.6 Å². The summed E-state index contributed by atoms with van der Waals surface area (Å²) in [4.78, 5) is 0.114. The average molecular weight is 425 g/mol. The minimum Gasteiger partial charge on any atom is -0.460 e. The van der Waals surface area contributed by atoms with Crippen molar-refractivity contribution in [3.63, 3.8) is 0 Å². The highest BCUT2D eigenvalue weighted by atomic mass is 35.5. The van der Waals surface area contributed by atoms with Crippen LogP contribution in [-0.4, -0.2) is 15.0 Å². The maximum atomic E-state index is 11.2. The third-order valence-electron chi connectivity index (χ3n) is 3.95. The van der Waals surface area contributed by atoms with E-state index < -0.39 is 10.0 Å². The minimum atomic E-state index is -3.65. The van der Waals surface area contributed by atoms with Crippen molar-refractivity contribution in [2.75, 3.05) is 6.54 Å². The molecule has 0 atom stereocenters. The van der Waals surface area contributed by atoms with Gasteiger partial charge >= 0.3 is 0 Å². The molecule has 5 nitrogen and oxygen atoms in total. The number of benzene rings is 2.